The quantitative estimate of drug-likeness (QED) is 0.781. The lowest BCUT2D eigenvalue weighted by Gasteiger charge is -2.27. The van der Waals surface area contributed by atoms with Gasteiger partial charge >= 0.3 is 0 Å². The van der Waals surface area contributed by atoms with E-state index in [4.69, 9.17) is 4.98 Å². The maximum Gasteiger partial charge on any atom is 0.227 e. The molecule has 0 saturated heterocycles. The first-order chi connectivity index (χ1) is 12.1. The minimum Gasteiger partial charge on any atom is -0.347 e. The summed E-state index contributed by atoms with van der Waals surface area (Å²) in [6.45, 7) is 2.94. The van der Waals surface area contributed by atoms with Gasteiger partial charge in [-0.2, -0.15) is 4.98 Å². The van der Waals surface area contributed by atoms with Crippen molar-refractivity contribution in [1.29, 1.82) is 0 Å². The van der Waals surface area contributed by atoms with Crippen molar-refractivity contribution in [3.8, 4) is 0 Å². The minimum atomic E-state index is 0.736. The molecular formula is C18H20N6S. The van der Waals surface area contributed by atoms with Crippen molar-refractivity contribution in [2.75, 3.05) is 36.2 Å². The SMILES string of the molecule is Cc1cc(N2C=C(c3ccnc4[nH]ccc34)SCC2)nc(N(C)C)n1. The summed E-state index contributed by atoms with van der Waals surface area (Å²) in [5, 5.41) is 1.15. The Morgan fingerprint density at radius 2 is 2.12 bits per heavy atom. The van der Waals surface area contributed by atoms with E-state index in [0.717, 1.165) is 40.8 Å². The van der Waals surface area contributed by atoms with E-state index in [9.17, 15) is 0 Å². The third kappa shape index (κ3) is 3.07. The summed E-state index contributed by atoms with van der Waals surface area (Å²) in [5.41, 5.74) is 3.10. The van der Waals surface area contributed by atoms with Crippen LogP contribution >= 0.6 is 11.8 Å². The zero-order chi connectivity index (χ0) is 17.4. The zero-order valence-electron chi connectivity index (χ0n) is 14.5. The molecule has 0 atom stereocenters. The smallest absolute Gasteiger partial charge is 0.227 e. The van der Waals surface area contributed by atoms with Crippen LogP contribution in [0.5, 0.6) is 0 Å². The number of aryl methyl sites for hydroxylation is 1. The van der Waals surface area contributed by atoms with E-state index in [1.54, 1.807) is 0 Å². The van der Waals surface area contributed by atoms with E-state index in [2.05, 4.69) is 38.2 Å². The zero-order valence-corrected chi connectivity index (χ0v) is 15.3. The van der Waals surface area contributed by atoms with Crippen LogP contribution in [0.1, 0.15) is 11.3 Å². The summed E-state index contributed by atoms with van der Waals surface area (Å²) in [5.74, 6) is 2.69. The number of hydrogen-bond acceptors (Lipinski definition) is 6. The average Bonchev–Trinajstić information content (AvgIpc) is 3.10. The van der Waals surface area contributed by atoms with Crippen molar-refractivity contribution in [2.24, 2.45) is 0 Å². The first-order valence-corrected chi connectivity index (χ1v) is 9.17. The van der Waals surface area contributed by atoms with Crippen LogP contribution in [0.15, 0.2) is 36.8 Å². The normalized spacial score (nSPS) is 14.7. The van der Waals surface area contributed by atoms with Crippen LogP contribution in [0, 0.1) is 6.92 Å². The summed E-state index contributed by atoms with van der Waals surface area (Å²) in [6.07, 6.45) is 5.98. The second-order valence-electron chi connectivity index (χ2n) is 6.20. The highest BCUT2D eigenvalue weighted by atomic mass is 32.2. The Labute approximate surface area is 151 Å². The molecule has 0 radical (unpaired) electrons. The molecule has 1 aliphatic heterocycles. The Kier molecular flexibility index (Phi) is 4.09. The molecule has 1 N–H and O–H groups in total. The molecule has 4 heterocycles. The molecule has 3 aromatic heterocycles. The van der Waals surface area contributed by atoms with Crippen molar-refractivity contribution in [1.82, 2.24) is 19.9 Å². The van der Waals surface area contributed by atoms with Crippen LogP contribution in [0.4, 0.5) is 11.8 Å². The number of thioether (sulfide) groups is 1. The highest BCUT2D eigenvalue weighted by molar-refractivity contribution is 8.08. The number of anilines is 2. The number of pyridine rings is 1. The van der Waals surface area contributed by atoms with Gasteiger partial charge in [-0.25, -0.2) is 9.97 Å². The van der Waals surface area contributed by atoms with Crippen molar-refractivity contribution >= 4 is 39.5 Å². The van der Waals surface area contributed by atoms with Gasteiger partial charge in [0.2, 0.25) is 5.95 Å². The number of H-pyrrole nitrogens is 1. The Hall–Kier alpha value is -2.54. The monoisotopic (exact) mass is 352 g/mol. The predicted octanol–water partition coefficient (Wildman–Crippen LogP) is 3.28. The van der Waals surface area contributed by atoms with Gasteiger partial charge in [0.1, 0.15) is 11.5 Å². The number of nitrogens with one attached hydrogen (secondary N) is 1. The lowest BCUT2D eigenvalue weighted by Crippen LogP contribution is -2.25. The molecule has 6 nitrogen and oxygen atoms in total. The largest absolute Gasteiger partial charge is 0.347 e. The van der Waals surface area contributed by atoms with Crippen molar-refractivity contribution in [3.05, 3.63) is 48.1 Å². The van der Waals surface area contributed by atoms with Gasteiger partial charge in [-0.05, 0) is 19.1 Å². The molecule has 0 fully saturated rings. The minimum absolute atomic E-state index is 0.736. The van der Waals surface area contributed by atoms with E-state index in [1.165, 1.54) is 10.5 Å². The van der Waals surface area contributed by atoms with E-state index < -0.39 is 0 Å². The first kappa shape index (κ1) is 16.0. The maximum atomic E-state index is 4.71. The second-order valence-corrected chi connectivity index (χ2v) is 7.33. The Morgan fingerprint density at radius 1 is 1.24 bits per heavy atom. The molecule has 25 heavy (non-hydrogen) atoms. The van der Waals surface area contributed by atoms with Crippen LogP contribution in [0.2, 0.25) is 0 Å². The van der Waals surface area contributed by atoms with Crippen molar-refractivity contribution in [2.45, 2.75) is 6.92 Å². The molecule has 3 aromatic rings. The van der Waals surface area contributed by atoms with Crippen LogP contribution in [-0.4, -0.2) is 46.3 Å². The maximum absolute atomic E-state index is 4.71. The van der Waals surface area contributed by atoms with Gasteiger partial charge in [0.15, 0.2) is 0 Å². The summed E-state index contributed by atoms with van der Waals surface area (Å²) in [4.78, 5) is 22.1. The van der Waals surface area contributed by atoms with Gasteiger partial charge in [0, 0.05) is 72.6 Å². The molecular weight excluding hydrogens is 332 g/mol. The van der Waals surface area contributed by atoms with Gasteiger partial charge in [-0.15, -0.1) is 11.8 Å². The molecule has 0 aliphatic carbocycles. The molecule has 7 heteroatoms. The standard InChI is InChI=1S/C18H20N6S/c1-12-10-16(22-18(21-12)23(2)3)24-8-9-25-15(11-24)13-4-6-19-17-14(13)5-7-20-17/h4-7,10-11H,8-9H2,1-3H3,(H,19,20). The van der Waals surface area contributed by atoms with E-state index in [-0.39, 0.29) is 0 Å². The summed E-state index contributed by atoms with van der Waals surface area (Å²) >= 11 is 1.87. The Bertz CT molecular complexity index is 946. The van der Waals surface area contributed by atoms with Crippen LogP contribution in [-0.2, 0) is 0 Å². The molecule has 0 spiro atoms. The molecule has 0 aromatic carbocycles. The van der Waals surface area contributed by atoms with E-state index in [0.29, 0.717) is 0 Å². The Morgan fingerprint density at radius 3 is 2.96 bits per heavy atom. The third-order valence-corrected chi connectivity index (χ3v) is 5.13. The molecule has 128 valence electrons. The number of hydrogen-bond donors (Lipinski definition) is 1. The highest BCUT2D eigenvalue weighted by Gasteiger charge is 2.18. The molecule has 1 aliphatic rings. The summed E-state index contributed by atoms with van der Waals surface area (Å²) in [6, 6.07) is 6.20. The molecule has 0 saturated carbocycles. The summed E-state index contributed by atoms with van der Waals surface area (Å²) < 4.78 is 0. The molecule has 0 bridgehead atoms. The number of aromatic amines is 1. The van der Waals surface area contributed by atoms with Crippen molar-refractivity contribution in [3.63, 3.8) is 0 Å². The van der Waals surface area contributed by atoms with Gasteiger partial charge in [-0.1, -0.05) is 0 Å². The van der Waals surface area contributed by atoms with Crippen LogP contribution in [0.3, 0.4) is 0 Å². The average molecular weight is 352 g/mol. The number of rotatable bonds is 3. The fraction of sp³-hybridized carbons (Fsp3) is 0.278. The van der Waals surface area contributed by atoms with Gasteiger partial charge in [0.25, 0.3) is 0 Å². The van der Waals surface area contributed by atoms with E-state index >= 15 is 0 Å². The van der Waals surface area contributed by atoms with Crippen LogP contribution in [0.25, 0.3) is 15.9 Å². The lowest BCUT2D eigenvalue weighted by molar-refractivity contribution is 0.929. The summed E-state index contributed by atoms with van der Waals surface area (Å²) in [7, 11) is 3.93. The number of nitrogens with zero attached hydrogens (tertiary/aromatic N) is 5. The van der Waals surface area contributed by atoms with Crippen LogP contribution < -0.4 is 9.80 Å². The van der Waals surface area contributed by atoms with Gasteiger partial charge in [0.05, 0.1) is 0 Å². The fourth-order valence-electron chi connectivity index (χ4n) is 2.88. The van der Waals surface area contributed by atoms with Crippen molar-refractivity contribution < 1.29 is 0 Å². The number of fused-ring (bicyclic) bond motifs is 1. The van der Waals surface area contributed by atoms with Gasteiger partial charge in [-0.3, -0.25) is 0 Å². The topological polar surface area (TPSA) is 60.9 Å². The molecule has 0 amide bonds. The highest BCUT2D eigenvalue weighted by Crippen LogP contribution is 2.36. The fourth-order valence-corrected chi connectivity index (χ4v) is 3.93. The number of aromatic nitrogens is 4. The molecule has 4 rings (SSSR count). The van der Waals surface area contributed by atoms with Gasteiger partial charge < -0.3 is 14.8 Å². The predicted molar refractivity (Wildman–Crippen MR) is 105 cm³/mol. The second kappa shape index (κ2) is 6.40. The lowest BCUT2D eigenvalue weighted by atomic mass is 10.2. The Balaban J connectivity index is 1.75. The molecule has 0 unspecified atom stereocenters. The van der Waals surface area contributed by atoms with E-state index in [1.807, 2.05) is 56.1 Å². The third-order valence-electron chi connectivity index (χ3n) is 4.11. The first-order valence-electron chi connectivity index (χ1n) is 8.18.